The zero-order chi connectivity index (χ0) is 14.4. The third kappa shape index (κ3) is 4.52. The molecule has 106 valence electrons. The predicted molar refractivity (Wildman–Crippen MR) is 78.4 cm³/mol. The number of nitrogens with zero attached hydrogens (tertiary/aromatic N) is 2. The Bertz CT molecular complexity index is 433. The Kier molecular flexibility index (Phi) is 5.76. The van der Waals surface area contributed by atoms with E-state index in [1.165, 1.54) is 0 Å². The lowest BCUT2D eigenvalue weighted by Crippen LogP contribution is -2.27. The molecule has 0 radical (unpaired) electrons. The fourth-order valence-electron chi connectivity index (χ4n) is 2.12. The molecule has 0 atom stereocenters. The highest BCUT2D eigenvalue weighted by Crippen LogP contribution is 2.25. The van der Waals surface area contributed by atoms with E-state index >= 15 is 0 Å². The minimum Gasteiger partial charge on any atom is -0.383 e. The van der Waals surface area contributed by atoms with Crippen molar-refractivity contribution in [1.29, 1.82) is 0 Å². The molecule has 0 spiro atoms. The normalized spacial score (nSPS) is 11.1. The van der Waals surface area contributed by atoms with Gasteiger partial charge in [-0.3, -0.25) is 15.0 Å². The first-order chi connectivity index (χ1) is 8.97. The molecule has 0 bridgehead atoms. The molecule has 0 amide bonds. The molecule has 0 aliphatic rings. The van der Waals surface area contributed by atoms with Crippen molar-refractivity contribution in [3.63, 3.8) is 0 Å². The van der Waals surface area contributed by atoms with E-state index in [1.54, 1.807) is 19.2 Å². The van der Waals surface area contributed by atoms with Crippen molar-refractivity contribution in [2.75, 3.05) is 25.5 Å². The van der Waals surface area contributed by atoms with E-state index in [1.807, 2.05) is 6.07 Å². The van der Waals surface area contributed by atoms with Crippen LogP contribution in [0.3, 0.4) is 0 Å². The maximum Gasteiger partial charge on any atom is 0.292 e. The predicted octanol–water partition coefficient (Wildman–Crippen LogP) is 3.11. The topological polar surface area (TPSA) is 58.4 Å². The molecule has 1 N–H and O–H groups in total. The number of nitro groups is 1. The molecule has 5 nitrogen and oxygen atoms in total. The number of hydrogen-bond donors (Lipinski definition) is 1. The second-order valence-electron chi connectivity index (χ2n) is 5.08. The molecular formula is C14H23N3O2. The van der Waals surface area contributed by atoms with Crippen LogP contribution in [0.15, 0.2) is 18.2 Å². The van der Waals surface area contributed by atoms with Crippen LogP contribution in [0.2, 0.25) is 0 Å². The molecular weight excluding hydrogens is 242 g/mol. The summed E-state index contributed by atoms with van der Waals surface area (Å²) in [4.78, 5) is 13.0. The van der Waals surface area contributed by atoms with Crippen molar-refractivity contribution >= 4 is 11.4 Å². The highest BCUT2D eigenvalue weighted by molar-refractivity contribution is 5.62. The van der Waals surface area contributed by atoms with Crippen LogP contribution in [0.25, 0.3) is 0 Å². The third-order valence-corrected chi connectivity index (χ3v) is 3.00. The first kappa shape index (κ1) is 15.4. The quantitative estimate of drug-likeness (QED) is 0.608. The molecule has 0 unspecified atom stereocenters. The van der Waals surface area contributed by atoms with E-state index in [9.17, 15) is 10.1 Å². The van der Waals surface area contributed by atoms with E-state index in [4.69, 9.17) is 0 Å². The molecule has 1 aromatic carbocycles. The van der Waals surface area contributed by atoms with E-state index in [0.717, 1.165) is 25.2 Å². The molecule has 0 saturated heterocycles. The minimum atomic E-state index is -0.339. The van der Waals surface area contributed by atoms with Crippen molar-refractivity contribution in [2.45, 2.75) is 27.3 Å². The van der Waals surface area contributed by atoms with E-state index in [-0.39, 0.29) is 10.6 Å². The minimum absolute atomic E-state index is 0.139. The molecule has 0 aliphatic heterocycles. The lowest BCUT2D eigenvalue weighted by Gasteiger charge is -2.22. The molecule has 1 rings (SSSR count). The summed E-state index contributed by atoms with van der Waals surface area (Å²) in [6.45, 7) is 9.15. The molecule has 5 heteroatoms. The lowest BCUT2D eigenvalue weighted by molar-refractivity contribution is -0.384. The number of nitro benzene ring substituents is 1. The highest BCUT2D eigenvalue weighted by atomic mass is 16.6. The van der Waals surface area contributed by atoms with Crippen molar-refractivity contribution in [2.24, 2.45) is 5.92 Å². The standard InChI is InChI=1S/C14H23N3O2/c1-5-16(9-11(2)3)10-12-6-7-13(15-4)14(8-12)17(18)19/h6-8,11,15H,5,9-10H2,1-4H3. The Labute approximate surface area is 114 Å². The van der Waals surface area contributed by atoms with Crippen LogP contribution in [0, 0.1) is 16.0 Å². The highest BCUT2D eigenvalue weighted by Gasteiger charge is 2.14. The fourth-order valence-corrected chi connectivity index (χ4v) is 2.12. The summed E-state index contributed by atoms with van der Waals surface area (Å²) < 4.78 is 0. The zero-order valence-corrected chi connectivity index (χ0v) is 12.1. The SMILES string of the molecule is CCN(Cc1ccc(NC)c([N+](=O)[O-])c1)CC(C)C. The van der Waals surface area contributed by atoms with Gasteiger partial charge in [-0.05, 0) is 24.1 Å². The van der Waals surface area contributed by atoms with Crippen LogP contribution in [0.5, 0.6) is 0 Å². The molecule has 1 aromatic rings. The Morgan fingerprint density at radius 3 is 2.58 bits per heavy atom. The number of benzene rings is 1. The molecule has 0 aromatic heterocycles. The molecule has 0 heterocycles. The molecule has 0 aliphatic carbocycles. The number of anilines is 1. The van der Waals surface area contributed by atoms with Crippen LogP contribution < -0.4 is 5.32 Å². The summed E-state index contributed by atoms with van der Waals surface area (Å²) in [6.07, 6.45) is 0. The average molecular weight is 265 g/mol. The van der Waals surface area contributed by atoms with Gasteiger partial charge in [-0.1, -0.05) is 26.8 Å². The van der Waals surface area contributed by atoms with Crippen LogP contribution in [0.1, 0.15) is 26.3 Å². The van der Waals surface area contributed by atoms with Crippen LogP contribution in [0.4, 0.5) is 11.4 Å². The van der Waals surface area contributed by atoms with Crippen LogP contribution in [-0.2, 0) is 6.54 Å². The van der Waals surface area contributed by atoms with Gasteiger partial charge in [0.15, 0.2) is 0 Å². The van der Waals surface area contributed by atoms with Gasteiger partial charge in [0.25, 0.3) is 5.69 Å². The third-order valence-electron chi connectivity index (χ3n) is 3.00. The average Bonchev–Trinajstić information content (AvgIpc) is 2.37. The fraction of sp³-hybridized carbons (Fsp3) is 0.571. The summed E-state index contributed by atoms with van der Waals surface area (Å²) in [6, 6.07) is 5.38. The summed E-state index contributed by atoms with van der Waals surface area (Å²) in [5, 5.41) is 13.9. The first-order valence-electron chi connectivity index (χ1n) is 6.65. The summed E-state index contributed by atoms with van der Waals surface area (Å²) in [7, 11) is 1.69. The Morgan fingerprint density at radius 2 is 2.11 bits per heavy atom. The van der Waals surface area contributed by atoms with E-state index < -0.39 is 0 Å². The van der Waals surface area contributed by atoms with E-state index in [2.05, 4.69) is 31.0 Å². The zero-order valence-electron chi connectivity index (χ0n) is 12.1. The van der Waals surface area contributed by atoms with Gasteiger partial charge < -0.3 is 5.32 Å². The van der Waals surface area contributed by atoms with E-state index in [0.29, 0.717) is 11.6 Å². The maximum absolute atomic E-state index is 11.0. The van der Waals surface area contributed by atoms with Gasteiger partial charge in [-0.2, -0.15) is 0 Å². The number of rotatable bonds is 7. The van der Waals surface area contributed by atoms with Crippen molar-refractivity contribution in [1.82, 2.24) is 4.90 Å². The Hall–Kier alpha value is -1.62. The number of hydrogen-bond acceptors (Lipinski definition) is 4. The van der Waals surface area contributed by atoms with Crippen molar-refractivity contribution in [3.8, 4) is 0 Å². The monoisotopic (exact) mass is 265 g/mol. The number of nitrogens with one attached hydrogen (secondary N) is 1. The largest absolute Gasteiger partial charge is 0.383 e. The molecule has 19 heavy (non-hydrogen) atoms. The summed E-state index contributed by atoms with van der Waals surface area (Å²) in [5.74, 6) is 0.589. The van der Waals surface area contributed by atoms with Gasteiger partial charge in [-0.25, -0.2) is 0 Å². The van der Waals surface area contributed by atoms with Gasteiger partial charge in [0.2, 0.25) is 0 Å². The van der Waals surface area contributed by atoms with Gasteiger partial charge >= 0.3 is 0 Å². The van der Waals surface area contributed by atoms with Crippen LogP contribution in [-0.4, -0.2) is 30.0 Å². The van der Waals surface area contributed by atoms with Gasteiger partial charge in [0, 0.05) is 26.2 Å². The summed E-state index contributed by atoms with van der Waals surface area (Å²) in [5.41, 5.74) is 1.68. The van der Waals surface area contributed by atoms with Gasteiger partial charge in [-0.15, -0.1) is 0 Å². The molecule has 0 fully saturated rings. The smallest absolute Gasteiger partial charge is 0.292 e. The lowest BCUT2D eigenvalue weighted by atomic mass is 10.1. The second-order valence-corrected chi connectivity index (χ2v) is 5.08. The van der Waals surface area contributed by atoms with Crippen molar-refractivity contribution in [3.05, 3.63) is 33.9 Å². The van der Waals surface area contributed by atoms with Crippen molar-refractivity contribution < 1.29 is 4.92 Å². The van der Waals surface area contributed by atoms with Crippen LogP contribution >= 0.6 is 0 Å². The molecule has 0 saturated carbocycles. The maximum atomic E-state index is 11.0. The van der Waals surface area contributed by atoms with Gasteiger partial charge in [0.1, 0.15) is 5.69 Å². The first-order valence-corrected chi connectivity index (χ1v) is 6.65. The Morgan fingerprint density at radius 1 is 1.42 bits per heavy atom. The van der Waals surface area contributed by atoms with Gasteiger partial charge in [0.05, 0.1) is 4.92 Å². The second kappa shape index (κ2) is 7.09. The summed E-state index contributed by atoms with van der Waals surface area (Å²) >= 11 is 0. The Balaban J connectivity index is 2.89.